The fourth-order valence-corrected chi connectivity index (χ4v) is 2.24. The van der Waals surface area contributed by atoms with Gasteiger partial charge in [0.15, 0.2) is 0 Å². The van der Waals surface area contributed by atoms with Crippen molar-refractivity contribution in [1.29, 1.82) is 0 Å². The van der Waals surface area contributed by atoms with Crippen LogP contribution < -0.4 is 17.0 Å². The van der Waals surface area contributed by atoms with E-state index in [4.69, 9.17) is 11.6 Å². The van der Waals surface area contributed by atoms with E-state index in [1.807, 2.05) is 0 Å². The molecule has 1 rings (SSSR count). The molecule has 2 atom stereocenters. The highest BCUT2D eigenvalue weighted by Gasteiger charge is 2.23. The minimum Gasteiger partial charge on any atom is -0.369 e. The van der Waals surface area contributed by atoms with Crippen LogP contribution in [0, 0.1) is 11.8 Å². The minimum atomic E-state index is 0.353. The van der Waals surface area contributed by atoms with E-state index in [9.17, 15) is 0 Å². The van der Waals surface area contributed by atoms with Crippen molar-refractivity contribution in [3.8, 4) is 0 Å². The molecular formula is C9H20N4. The highest BCUT2D eigenvalue weighted by Crippen LogP contribution is 2.30. The van der Waals surface area contributed by atoms with Crippen LogP contribution in [0.3, 0.4) is 0 Å². The Hall–Kier alpha value is -0.770. The lowest BCUT2D eigenvalue weighted by atomic mass is 9.81. The Morgan fingerprint density at radius 2 is 1.77 bits per heavy atom. The third-order valence-corrected chi connectivity index (χ3v) is 2.62. The van der Waals surface area contributed by atoms with Gasteiger partial charge < -0.3 is 5.73 Å². The summed E-state index contributed by atoms with van der Waals surface area (Å²) in [7, 11) is 0. The minimum absolute atomic E-state index is 0.353. The van der Waals surface area contributed by atoms with Gasteiger partial charge in [0, 0.05) is 0 Å². The first kappa shape index (κ1) is 10.3. The van der Waals surface area contributed by atoms with Crippen LogP contribution in [0.25, 0.3) is 0 Å². The van der Waals surface area contributed by atoms with Gasteiger partial charge in [-0.2, -0.15) is 0 Å². The summed E-state index contributed by atoms with van der Waals surface area (Å²) < 4.78 is 0. The number of rotatable bonds is 1. The van der Waals surface area contributed by atoms with Crippen LogP contribution in [0.15, 0.2) is 4.99 Å². The van der Waals surface area contributed by atoms with Gasteiger partial charge in [0.1, 0.15) is 0 Å². The molecule has 0 radical (unpaired) electrons. The van der Waals surface area contributed by atoms with Crippen LogP contribution in [0.1, 0.15) is 33.1 Å². The van der Waals surface area contributed by atoms with Gasteiger partial charge in [-0.1, -0.05) is 13.8 Å². The SMILES string of the molecule is CC1CC(C)CC(N=C(N)NN)C1. The molecule has 2 unspecified atom stereocenters. The molecule has 0 aromatic carbocycles. The molecule has 1 saturated carbocycles. The molecule has 0 amide bonds. The van der Waals surface area contributed by atoms with Crippen LogP contribution in [0.2, 0.25) is 0 Å². The van der Waals surface area contributed by atoms with E-state index in [0.29, 0.717) is 12.0 Å². The maximum absolute atomic E-state index is 5.51. The van der Waals surface area contributed by atoms with Crippen molar-refractivity contribution in [1.82, 2.24) is 5.43 Å². The standard InChI is InChI=1S/C9H20N4/c1-6-3-7(2)5-8(4-6)12-9(10)13-11/h6-8H,3-5,11H2,1-2H3,(H3,10,12,13). The van der Waals surface area contributed by atoms with Crippen LogP contribution >= 0.6 is 0 Å². The predicted molar refractivity (Wildman–Crippen MR) is 54.9 cm³/mol. The Morgan fingerprint density at radius 3 is 2.23 bits per heavy atom. The summed E-state index contributed by atoms with van der Waals surface area (Å²) in [6.45, 7) is 4.54. The molecule has 0 aromatic rings. The first-order chi connectivity index (χ1) is 6.11. The highest BCUT2D eigenvalue weighted by atomic mass is 15.3. The lowest BCUT2D eigenvalue weighted by Gasteiger charge is -2.29. The Balaban J connectivity index is 2.50. The maximum Gasteiger partial charge on any atom is 0.203 e. The molecule has 5 N–H and O–H groups in total. The number of hydrogen-bond donors (Lipinski definition) is 3. The maximum atomic E-state index is 5.51. The quantitative estimate of drug-likeness (QED) is 0.241. The summed E-state index contributed by atoms with van der Waals surface area (Å²) >= 11 is 0. The number of hydrazine groups is 1. The van der Waals surface area contributed by atoms with Crippen molar-refractivity contribution in [2.24, 2.45) is 28.4 Å². The molecule has 13 heavy (non-hydrogen) atoms. The van der Waals surface area contributed by atoms with Crippen LogP contribution in [0.4, 0.5) is 0 Å². The molecule has 0 aliphatic heterocycles. The van der Waals surface area contributed by atoms with Gasteiger partial charge in [-0.3, -0.25) is 5.43 Å². The smallest absolute Gasteiger partial charge is 0.203 e. The van der Waals surface area contributed by atoms with Gasteiger partial charge in [-0.15, -0.1) is 0 Å². The van der Waals surface area contributed by atoms with Gasteiger partial charge in [0.05, 0.1) is 6.04 Å². The van der Waals surface area contributed by atoms with Crippen LogP contribution in [0.5, 0.6) is 0 Å². The van der Waals surface area contributed by atoms with Gasteiger partial charge in [-0.05, 0) is 31.1 Å². The number of guanidine groups is 1. The van der Waals surface area contributed by atoms with Gasteiger partial charge >= 0.3 is 0 Å². The lowest BCUT2D eigenvalue weighted by molar-refractivity contribution is 0.270. The first-order valence-corrected chi connectivity index (χ1v) is 4.91. The van der Waals surface area contributed by atoms with Crippen LogP contribution in [-0.2, 0) is 0 Å². The lowest BCUT2D eigenvalue weighted by Crippen LogP contribution is -2.39. The van der Waals surface area contributed by atoms with E-state index < -0.39 is 0 Å². The molecule has 1 aliphatic carbocycles. The van der Waals surface area contributed by atoms with Gasteiger partial charge in [-0.25, -0.2) is 10.8 Å². The van der Waals surface area contributed by atoms with E-state index >= 15 is 0 Å². The second-order valence-electron chi connectivity index (χ2n) is 4.23. The molecule has 0 bridgehead atoms. The molecule has 1 aliphatic rings. The van der Waals surface area contributed by atoms with Crippen molar-refractivity contribution in [2.75, 3.05) is 0 Å². The summed E-state index contributed by atoms with van der Waals surface area (Å²) in [5.74, 6) is 7.01. The van der Waals surface area contributed by atoms with Crippen molar-refractivity contribution in [2.45, 2.75) is 39.2 Å². The number of aliphatic imine (C=N–C) groups is 1. The zero-order chi connectivity index (χ0) is 9.84. The average Bonchev–Trinajstić information content (AvgIpc) is 2.02. The van der Waals surface area contributed by atoms with E-state index in [2.05, 4.69) is 24.3 Å². The summed E-state index contributed by atoms with van der Waals surface area (Å²) in [6, 6.07) is 0.356. The van der Waals surface area contributed by atoms with Crippen molar-refractivity contribution in [3.63, 3.8) is 0 Å². The van der Waals surface area contributed by atoms with Crippen molar-refractivity contribution in [3.05, 3.63) is 0 Å². The molecule has 1 fully saturated rings. The fraction of sp³-hybridized carbons (Fsp3) is 0.889. The van der Waals surface area contributed by atoms with Crippen LogP contribution in [-0.4, -0.2) is 12.0 Å². The van der Waals surface area contributed by atoms with E-state index in [1.54, 1.807) is 0 Å². The largest absolute Gasteiger partial charge is 0.369 e. The van der Waals surface area contributed by atoms with E-state index in [1.165, 1.54) is 6.42 Å². The molecule has 4 heteroatoms. The predicted octanol–water partition coefficient (Wildman–Crippen LogP) is 0.589. The van der Waals surface area contributed by atoms with Gasteiger partial charge in [0.2, 0.25) is 5.96 Å². The molecule has 0 heterocycles. The third-order valence-electron chi connectivity index (χ3n) is 2.62. The Kier molecular flexibility index (Phi) is 3.54. The highest BCUT2D eigenvalue weighted by molar-refractivity contribution is 5.77. The second kappa shape index (κ2) is 4.46. The van der Waals surface area contributed by atoms with Gasteiger partial charge in [0.25, 0.3) is 0 Å². The zero-order valence-electron chi connectivity index (χ0n) is 8.46. The number of nitrogens with zero attached hydrogens (tertiary/aromatic N) is 1. The third kappa shape index (κ3) is 3.22. The summed E-state index contributed by atoms with van der Waals surface area (Å²) in [6.07, 6.45) is 3.57. The summed E-state index contributed by atoms with van der Waals surface area (Å²) in [5.41, 5.74) is 7.88. The Morgan fingerprint density at radius 1 is 1.23 bits per heavy atom. The molecule has 0 aromatic heterocycles. The summed E-state index contributed by atoms with van der Waals surface area (Å²) in [5, 5.41) is 0. The zero-order valence-corrected chi connectivity index (χ0v) is 8.46. The fourth-order valence-electron chi connectivity index (χ4n) is 2.24. The normalized spacial score (nSPS) is 35.9. The molecule has 76 valence electrons. The Labute approximate surface area is 79.7 Å². The first-order valence-electron chi connectivity index (χ1n) is 4.91. The van der Waals surface area contributed by atoms with Crippen molar-refractivity contribution >= 4 is 5.96 Å². The number of hydrogen-bond acceptors (Lipinski definition) is 2. The number of nitrogens with one attached hydrogen (secondary N) is 1. The molecule has 0 spiro atoms. The van der Waals surface area contributed by atoms with E-state index in [-0.39, 0.29) is 0 Å². The molecule has 4 nitrogen and oxygen atoms in total. The summed E-state index contributed by atoms with van der Waals surface area (Å²) in [4.78, 5) is 4.31. The van der Waals surface area contributed by atoms with E-state index in [0.717, 1.165) is 24.7 Å². The monoisotopic (exact) mass is 184 g/mol. The van der Waals surface area contributed by atoms with Crippen molar-refractivity contribution < 1.29 is 0 Å². The molecule has 0 saturated heterocycles. The second-order valence-corrected chi connectivity index (χ2v) is 4.23. The Bertz CT molecular complexity index is 180. The topological polar surface area (TPSA) is 76.4 Å². The average molecular weight is 184 g/mol. The number of nitrogens with two attached hydrogens (primary N) is 2. The molecular weight excluding hydrogens is 164 g/mol.